The minimum absolute atomic E-state index is 0.0316. The minimum Gasteiger partial charge on any atom is -0.465 e. The molecule has 4 aromatic heterocycles. The number of hydrogen-bond donors (Lipinski definition) is 1. The monoisotopic (exact) mass is 719 g/mol. The quantitative estimate of drug-likeness (QED) is 0.125. The molecule has 1 unspecified atom stereocenters. The summed E-state index contributed by atoms with van der Waals surface area (Å²) in [5.41, 5.74) is 11.0. The Morgan fingerprint density at radius 2 is 1.12 bits per heavy atom. The maximum Gasteiger partial charge on any atom is 0.338 e. The molecule has 2 N–H and O–H groups in total. The van der Waals surface area contributed by atoms with Crippen LogP contribution in [0.4, 0.5) is 5.69 Å². The third kappa shape index (κ3) is 6.47. The first-order valence-corrected chi connectivity index (χ1v) is 18.9. The number of nitrogen functional groups attached to an aromatic ring is 1. The van der Waals surface area contributed by atoms with Crippen LogP contribution in [0, 0.1) is 0 Å². The lowest BCUT2D eigenvalue weighted by atomic mass is 9.81. The zero-order valence-corrected chi connectivity index (χ0v) is 30.6. The van der Waals surface area contributed by atoms with E-state index in [9.17, 15) is 9.59 Å². The molecule has 1 aliphatic rings. The Hall–Kier alpha value is -4.54. The molecule has 0 amide bonds. The van der Waals surface area contributed by atoms with Gasteiger partial charge in [-0.15, -0.1) is 45.3 Å². The van der Waals surface area contributed by atoms with Gasteiger partial charge in [0.05, 0.1) is 25.3 Å². The summed E-state index contributed by atoms with van der Waals surface area (Å²) in [5.74, 6) is -0.938. The zero-order valence-electron chi connectivity index (χ0n) is 27.4. The number of nitrogens with two attached hydrogens (primary N) is 1. The molecule has 4 heterocycles. The van der Waals surface area contributed by atoms with Crippen molar-refractivity contribution in [3.05, 3.63) is 125 Å². The Morgan fingerprint density at radius 1 is 0.653 bits per heavy atom. The molecular weight excluding hydrogens is 687 g/mol. The van der Waals surface area contributed by atoms with Crippen molar-refractivity contribution >= 4 is 63.0 Å². The van der Waals surface area contributed by atoms with Crippen LogP contribution < -0.4 is 5.73 Å². The molecule has 246 valence electrons. The molecule has 6 aromatic rings. The van der Waals surface area contributed by atoms with Gasteiger partial charge in [0, 0.05) is 61.2 Å². The summed E-state index contributed by atoms with van der Waals surface area (Å²) in [6.07, 6.45) is 7.75. The van der Waals surface area contributed by atoms with E-state index in [-0.39, 0.29) is 5.41 Å². The van der Waals surface area contributed by atoms with Crippen LogP contribution >= 0.6 is 45.3 Å². The van der Waals surface area contributed by atoms with Crippen LogP contribution in [0.15, 0.2) is 109 Å². The lowest BCUT2D eigenvalue weighted by Gasteiger charge is -2.26. The molecule has 0 saturated carbocycles. The Kier molecular flexibility index (Phi) is 9.02. The van der Waals surface area contributed by atoms with Crippen LogP contribution in [0.1, 0.15) is 45.9 Å². The SMILES string of the molecule is COC(=O)c1cc(-c2ccc(-c3ccc(C4(C)C=CC(C)=CC4)s3)s2)c(C(=O)OC)cc1-c1ccc(-c2ccc(-c3ccc(N)cc3)s2)s1. The lowest BCUT2D eigenvalue weighted by molar-refractivity contribution is 0.0588. The lowest BCUT2D eigenvalue weighted by Crippen LogP contribution is -2.18. The standard InChI is InChI=1S/C40H33NO4S4/c1-23-17-19-40(2,20-18-23)37-16-15-36(49-37)35-14-11-32(48-35)27-22-28(38(42)44-3)26(21-29(27)39(43)45-4)31-10-13-34(47-31)33-12-9-30(46-33)24-5-7-25(41)8-6-24/h5-19,21-22H,20,41H2,1-4H3. The topological polar surface area (TPSA) is 78.6 Å². The summed E-state index contributed by atoms with van der Waals surface area (Å²) in [4.78, 5) is 35.2. The second kappa shape index (κ2) is 13.4. The van der Waals surface area contributed by atoms with E-state index in [1.807, 2.05) is 42.5 Å². The number of benzene rings is 2. The van der Waals surface area contributed by atoms with Gasteiger partial charge in [-0.1, -0.05) is 42.9 Å². The minimum atomic E-state index is -0.470. The normalized spacial score (nSPS) is 15.6. The van der Waals surface area contributed by atoms with Gasteiger partial charge in [-0.05, 0) is 91.7 Å². The van der Waals surface area contributed by atoms with Crippen LogP contribution in [0.3, 0.4) is 0 Å². The van der Waals surface area contributed by atoms with E-state index in [4.69, 9.17) is 15.2 Å². The Balaban J connectivity index is 1.24. The van der Waals surface area contributed by atoms with Crippen LogP contribution in [0.2, 0.25) is 0 Å². The van der Waals surface area contributed by atoms with Crippen molar-refractivity contribution in [1.82, 2.24) is 0 Å². The fourth-order valence-corrected chi connectivity index (χ4v) is 10.3. The van der Waals surface area contributed by atoms with Crippen molar-refractivity contribution in [1.29, 1.82) is 0 Å². The highest BCUT2D eigenvalue weighted by molar-refractivity contribution is 7.25. The van der Waals surface area contributed by atoms with Gasteiger partial charge in [0.25, 0.3) is 0 Å². The summed E-state index contributed by atoms with van der Waals surface area (Å²) in [6.45, 7) is 4.40. The van der Waals surface area contributed by atoms with Gasteiger partial charge in [-0.3, -0.25) is 0 Å². The maximum absolute atomic E-state index is 13.3. The van der Waals surface area contributed by atoms with Crippen LogP contribution in [0.5, 0.6) is 0 Å². The number of rotatable bonds is 8. The molecule has 0 saturated heterocycles. The predicted molar refractivity (Wildman–Crippen MR) is 207 cm³/mol. The van der Waals surface area contributed by atoms with E-state index in [2.05, 4.69) is 62.4 Å². The van der Waals surface area contributed by atoms with E-state index in [0.717, 1.165) is 51.8 Å². The molecule has 5 nitrogen and oxygen atoms in total. The number of carbonyl (C=O) groups excluding carboxylic acids is 2. The highest BCUT2D eigenvalue weighted by Gasteiger charge is 2.28. The molecule has 2 aromatic carbocycles. The van der Waals surface area contributed by atoms with Gasteiger partial charge < -0.3 is 15.2 Å². The first-order chi connectivity index (χ1) is 23.7. The van der Waals surface area contributed by atoms with E-state index >= 15 is 0 Å². The van der Waals surface area contributed by atoms with Crippen molar-refractivity contribution in [3.8, 4) is 50.8 Å². The van der Waals surface area contributed by atoms with Crippen molar-refractivity contribution in [2.45, 2.75) is 25.7 Å². The van der Waals surface area contributed by atoms with E-state index in [0.29, 0.717) is 22.3 Å². The molecule has 49 heavy (non-hydrogen) atoms. The molecule has 0 spiro atoms. The van der Waals surface area contributed by atoms with Gasteiger partial charge >= 0.3 is 11.9 Å². The highest BCUT2D eigenvalue weighted by atomic mass is 32.1. The summed E-state index contributed by atoms with van der Waals surface area (Å²) in [7, 11) is 2.75. The second-order valence-corrected chi connectivity index (χ2v) is 16.4. The van der Waals surface area contributed by atoms with Gasteiger partial charge in [0.2, 0.25) is 0 Å². The average molecular weight is 720 g/mol. The fourth-order valence-electron chi connectivity index (χ4n) is 5.85. The van der Waals surface area contributed by atoms with Crippen molar-refractivity contribution in [2.75, 3.05) is 20.0 Å². The number of carbonyl (C=O) groups is 2. The molecule has 1 atom stereocenters. The maximum atomic E-state index is 13.3. The van der Waals surface area contributed by atoms with Crippen molar-refractivity contribution in [2.24, 2.45) is 0 Å². The predicted octanol–water partition coefficient (Wildman–Crippen LogP) is 11.6. The van der Waals surface area contributed by atoms with Gasteiger partial charge in [0.1, 0.15) is 0 Å². The van der Waals surface area contributed by atoms with Crippen molar-refractivity contribution < 1.29 is 19.1 Å². The summed E-state index contributed by atoms with van der Waals surface area (Å²) in [6, 6.07) is 28.1. The molecule has 9 heteroatoms. The third-order valence-corrected chi connectivity index (χ3v) is 13.9. The zero-order chi connectivity index (χ0) is 34.3. The number of esters is 2. The number of allylic oxidation sites excluding steroid dienone is 4. The summed E-state index contributed by atoms with van der Waals surface area (Å²) < 4.78 is 10.5. The third-order valence-electron chi connectivity index (χ3n) is 8.73. The molecule has 7 rings (SSSR count). The van der Waals surface area contributed by atoms with Gasteiger partial charge in [-0.2, -0.15) is 0 Å². The molecule has 0 fully saturated rings. The number of hydrogen-bond acceptors (Lipinski definition) is 9. The second-order valence-electron chi connectivity index (χ2n) is 12.1. The number of thiophene rings is 4. The Bertz CT molecular complexity index is 2260. The Morgan fingerprint density at radius 3 is 1.63 bits per heavy atom. The average Bonchev–Trinajstić information content (AvgIpc) is 3.95. The number of methoxy groups -OCH3 is 2. The molecule has 0 radical (unpaired) electrons. The summed E-state index contributed by atoms with van der Waals surface area (Å²) >= 11 is 6.63. The molecule has 0 aliphatic heterocycles. The van der Waals surface area contributed by atoms with E-state index < -0.39 is 11.9 Å². The highest BCUT2D eigenvalue weighted by Crippen LogP contribution is 2.46. The first-order valence-electron chi connectivity index (χ1n) is 15.6. The van der Waals surface area contributed by atoms with Crippen LogP contribution in [0.25, 0.3) is 50.8 Å². The largest absolute Gasteiger partial charge is 0.465 e. The Labute approximate surface area is 301 Å². The van der Waals surface area contributed by atoms with Gasteiger partial charge in [0.15, 0.2) is 0 Å². The summed E-state index contributed by atoms with van der Waals surface area (Å²) in [5, 5.41) is 0. The van der Waals surface area contributed by atoms with Crippen molar-refractivity contribution in [3.63, 3.8) is 0 Å². The molecular formula is C40H33NO4S4. The van der Waals surface area contributed by atoms with Gasteiger partial charge in [-0.25, -0.2) is 9.59 Å². The first kappa shape index (κ1) is 33.0. The van der Waals surface area contributed by atoms with E-state index in [1.54, 1.807) is 57.5 Å². The van der Waals surface area contributed by atoms with E-state index in [1.165, 1.54) is 24.7 Å². The molecule has 1 aliphatic carbocycles. The number of ether oxygens (including phenoxy) is 2. The number of anilines is 1. The fraction of sp³-hybridized carbons (Fsp3) is 0.150. The van der Waals surface area contributed by atoms with Crippen LogP contribution in [-0.4, -0.2) is 26.2 Å². The molecule has 0 bridgehead atoms. The van der Waals surface area contributed by atoms with Crippen LogP contribution in [-0.2, 0) is 14.9 Å². The smallest absolute Gasteiger partial charge is 0.338 e.